The summed E-state index contributed by atoms with van der Waals surface area (Å²) in [7, 11) is 18.3. The fraction of sp³-hybridized carbons (Fsp3) is 0.372. The Morgan fingerprint density at radius 1 is 0.363 bits per heavy atom. The van der Waals surface area contributed by atoms with Crippen molar-refractivity contribution in [2.45, 2.75) is 120 Å². The van der Waals surface area contributed by atoms with Crippen molar-refractivity contribution in [3.63, 3.8) is 0 Å². The van der Waals surface area contributed by atoms with Crippen LogP contribution in [0.4, 0.5) is 89.0 Å². The van der Waals surface area contributed by atoms with Crippen molar-refractivity contribution in [3.05, 3.63) is 163 Å². The number of carbonyl (C=O) groups is 11. The number of methoxy groups -OCH3 is 8. The molecule has 10 N–H and O–H groups in total. The zero-order chi connectivity index (χ0) is 106. The lowest BCUT2D eigenvalue weighted by molar-refractivity contribution is -0.124. The molecule has 7 aliphatic heterocycles. The zero-order valence-electron chi connectivity index (χ0n) is 81.7. The molecule has 4 fully saturated rings. The van der Waals surface area contributed by atoms with E-state index in [1.807, 2.05) is 19.9 Å². The Bertz CT molecular complexity index is 6210. The Morgan fingerprint density at radius 2 is 0.623 bits per heavy atom. The van der Waals surface area contributed by atoms with Crippen LogP contribution in [-0.4, -0.2) is 265 Å². The normalized spacial score (nSPS) is 19.2. The van der Waals surface area contributed by atoms with Gasteiger partial charge >= 0.3 is 24.1 Å². The Kier molecular flexibility index (Phi) is 35.1. The monoisotopic (exact) mass is 2130 g/mol. The van der Waals surface area contributed by atoms with E-state index in [4.69, 9.17) is 112 Å². The molecule has 8 atom stereocenters. The van der Waals surface area contributed by atoms with Gasteiger partial charge in [0.05, 0.1) is 167 Å². The molecule has 774 valence electrons. The third kappa shape index (κ3) is 23.2. The summed E-state index contributed by atoms with van der Waals surface area (Å²) in [6, 6.07) is 1.97. The lowest BCUT2D eigenvalue weighted by Crippen LogP contribution is -2.58. The molecule has 4 aromatic carbocycles. The first kappa shape index (κ1) is 108. The second-order valence-corrected chi connectivity index (χ2v) is 35.9. The maximum absolute atomic E-state index is 13.5. The van der Waals surface area contributed by atoms with Crippen LogP contribution in [0.1, 0.15) is 65.5 Å². The van der Waals surface area contributed by atoms with Gasteiger partial charge in [0.1, 0.15) is 105 Å². The van der Waals surface area contributed by atoms with E-state index in [0.717, 1.165) is 40.6 Å². The highest BCUT2D eigenvalue weighted by Crippen LogP contribution is 2.52. The lowest BCUT2D eigenvalue weighted by atomic mass is 9.89. The van der Waals surface area contributed by atoms with E-state index in [-0.39, 0.29) is 182 Å². The molecule has 52 heteroatoms. The number of halogens is 6. The number of hydrogen-bond acceptors (Lipinski definition) is 32. The van der Waals surface area contributed by atoms with Crippen molar-refractivity contribution in [2.75, 3.05) is 172 Å². The number of rotatable bonds is 28. The molecular formula is C94H106Cl6N26O20. The molecule has 8 aliphatic rings. The summed E-state index contributed by atoms with van der Waals surface area (Å²) in [6.45, 7) is 19.5. The van der Waals surface area contributed by atoms with Gasteiger partial charge in [-0.1, -0.05) is 95.9 Å². The number of aromatic nitrogens is 8. The second-order valence-electron chi connectivity index (χ2n) is 33.6. The highest BCUT2D eigenvalue weighted by Gasteiger charge is 2.44. The predicted octanol–water partition coefficient (Wildman–Crippen LogP) is 10.4. The SMILES string of the molecule is C=CC(=O)NC1CC(=O)CCC1Nc1ncc2c(n1)N(C)C(=O)N(c1c(Cl)c(OC)cc(OC)c1Cl)C2.C=CC(=O)NC1CNC(=O)CC1Nc1ncc2c(n1)N(C)C(=O)N(c1c(Cl)c(OC)cc(OC)c1Cl)C2.C=CC(=O)NC1CNC(=O)CC1Nc1ncc2c(n1)N(C)C(=O)N(c1c(Cl)c(OC)cc(OC)c1Cl)C2.C=CC(=O)NC1COCC1Nc1ncc2c(n1)N(C)C(=O)N(c1c(C)c(OC)cc(OC)c1C)C2. The Hall–Kier alpha value is -15.0. The van der Waals surface area contributed by atoms with E-state index in [2.05, 4.69) is 119 Å². The van der Waals surface area contributed by atoms with E-state index in [0.29, 0.717) is 125 Å². The van der Waals surface area contributed by atoms with Gasteiger partial charge in [0.15, 0.2) is 0 Å². The molecule has 146 heavy (non-hydrogen) atoms. The number of urea groups is 4. The van der Waals surface area contributed by atoms with Crippen LogP contribution in [0.2, 0.25) is 30.1 Å². The number of fused-ring (bicyclic) bond motifs is 4. The molecule has 0 radical (unpaired) electrons. The summed E-state index contributed by atoms with van der Waals surface area (Å²) in [5.74, 6) is 4.07. The molecule has 0 spiro atoms. The standard InChI is InChI=1S/C24H26Cl2N6O5.C24H30N6O5.2C23H25Cl2N7O5/c1-5-18(34)28-15-8-13(33)6-7-14(15)29-23-27-10-12-11-32(24(35)31(2)22(12)30-23)21-19(25)16(36-3)9-17(37-4)20(21)26;1-7-20(31)26-16-11-35-12-17(16)27-23-25-9-15-10-30(24(32)29(4)22(15)28-23)21-13(2)18(33-5)8-19(34-6)14(21)3;2*1-5-16(33)28-13-9-26-17(34)6-12(13)29-22-27-8-11-10-32(23(35)31(2)21(11)30-22)20-18(24)14(36-3)7-15(37-4)19(20)25/h5,9-10,14-15H,1,6-8,11H2,2-4H3,(H,28,34)(H,27,29,30);7-9,16-17H,1,10-12H2,2-6H3,(H,26,31)(H,25,27,28);2*5,7-8,12-13H,1,6,9-10H2,2-4H3,(H,26,34)(H,28,33)(H,27,29,30). The van der Waals surface area contributed by atoms with Crippen LogP contribution in [-0.2, 0) is 64.5 Å². The van der Waals surface area contributed by atoms with Crippen LogP contribution in [0.25, 0.3) is 0 Å². The number of carbonyl (C=O) groups excluding carboxylic acids is 11. The number of amides is 14. The number of hydrogen-bond donors (Lipinski definition) is 10. The summed E-state index contributed by atoms with van der Waals surface area (Å²) in [5, 5.41) is 30.2. The van der Waals surface area contributed by atoms with Crippen molar-refractivity contribution in [2.24, 2.45) is 0 Å². The minimum absolute atomic E-state index is 0.0655. The lowest BCUT2D eigenvalue weighted by Gasteiger charge is -2.36. The fourth-order valence-electron chi connectivity index (χ4n) is 17.2. The maximum Gasteiger partial charge on any atom is 0.330 e. The number of nitrogens with zero attached hydrogens (tertiary/aromatic N) is 16. The van der Waals surface area contributed by atoms with Crippen molar-refractivity contribution in [1.82, 2.24) is 71.8 Å². The Labute approximate surface area is 868 Å². The molecule has 3 saturated heterocycles. The molecule has 1 aliphatic carbocycles. The number of ether oxygens (including phenoxy) is 9. The van der Waals surface area contributed by atoms with E-state index in [1.165, 1.54) is 95.2 Å². The molecule has 14 amide bonds. The summed E-state index contributed by atoms with van der Waals surface area (Å²) in [6.07, 6.45) is 12.4. The Balaban J connectivity index is 0.000000163. The first-order valence-corrected chi connectivity index (χ1v) is 47.2. The smallest absolute Gasteiger partial charge is 0.330 e. The van der Waals surface area contributed by atoms with Crippen molar-refractivity contribution >= 4 is 205 Å². The van der Waals surface area contributed by atoms with Gasteiger partial charge in [-0.3, -0.25) is 72.8 Å². The van der Waals surface area contributed by atoms with Gasteiger partial charge < -0.3 is 95.8 Å². The number of benzene rings is 4. The molecule has 0 bridgehead atoms. The van der Waals surface area contributed by atoms with Gasteiger partial charge in [0.2, 0.25) is 59.2 Å². The van der Waals surface area contributed by atoms with Crippen molar-refractivity contribution < 1.29 is 95.4 Å². The predicted molar refractivity (Wildman–Crippen MR) is 549 cm³/mol. The summed E-state index contributed by atoms with van der Waals surface area (Å²) >= 11 is 39.2. The molecule has 11 heterocycles. The molecule has 8 unspecified atom stereocenters. The molecule has 8 aromatic rings. The van der Waals surface area contributed by atoms with E-state index < -0.39 is 48.3 Å². The van der Waals surface area contributed by atoms with Crippen molar-refractivity contribution in [3.8, 4) is 46.0 Å². The minimum atomic E-state index is -0.473. The highest BCUT2D eigenvalue weighted by molar-refractivity contribution is 6.44. The van der Waals surface area contributed by atoms with Gasteiger partial charge in [0, 0.05) is 149 Å². The van der Waals surface area contributed by atoms with Crippen LogP contribution in [0, 0.1) is 13.8 Å². The maximum atomic E-state index is 13.5. The van der Waals surface area contributed by atoms with Gasteiger partial charge in [-0.25, -0.2) is 39.1 Å². The van der Waals surface area contributed by atoms with Gasteiger partial charge in [0.25, 0.3) is 0 Å². The van der Waals surface area contributed by atoms with Gasteiger partial charge in [-0.15, -0.1) is 0 Å². The van der Waals surface area contributed by atoms with E-state index >= 15 is 0 Å². The summed E-state index contributed by atoms with van der Waals surface area (Å²) in [5.41, 5.74) is 5.81. The van der Waals surface area contributed by atoms with Crippen LogP contribution in [0.15, 0.2) is 99.7 Å². The average molecular weight is 2130 g/mol. The number of nitrogens with one attached hydrogen (secondary N) is 10. The molecule has 46 nitrogen and oxygen atoms in total. The van der Waals surface area contributed by atoms with Crippen molar-refractivity contribution in [1.29, 1.82) is 0 Å². The largest absolute Gasteiger partial charge is 0.496 e. The van der Waals surface area contributed by atoms with E-state index in [1.54, 1.807) is 78.2 Å². The van der Waals surface area contributed by atoms with Gasteiger partial charge in [-0.2, -0.15) is 19.9 Å². The second kappa shape index (κ2) is 47.3. The van der Waals surface area contributed by atoms with Crippen LogP contribution >= 0.6 is 69.6 Å². The highest BCUT2D eigenvalue weighted by atomic mass is 35.5. The minimum Gasteiger partial charge on any atom is -0.496 e. The third-order valence-electron chi connectivity index (χ3n) is 24.8. The molecule has 16 rings (SSSR count). The topological polar surface area (TPSA) is 520 Å². The van der Waals surface area contributed by atoms with Crippen LogP contribution in [0.5, 0.6) is 46.0 Å². The average Bonchev–Trinajstić information content (AvgIpc) is 0.934. The van der Waals surface area contributed by atoms with Crippen LogP contribution in [0.3, 0.4) is 0 Å². The number of ketones is 1. The fourth-order valence-corrected chi connectivity index (χ4v) is 19.3. The van der Waals surface area contributed by atoms with Crippen LogP contribution < -0.4 is 130 Å². The quantitative estimate of drug-likeness (QED) is 0.0204. The molecular weight excluding hydrogens is 2030 g/mol. The number of Topliss-reactive ketones (excluding diaryl/α,β-unsaturated/α-hetero) is 1. The van der Waals surface area contributed by atoms with Gasteiger partial charge in [-0.05, 0) is 44.6 Å². The first-order chi connectivity index (χ1) is 69.8. The third-order valence-corrected chi connectivity index (χ3v) is 27.0. The number of piperidine rings is 2. The first-order valence-electron chi connectivity index (χ1n) is 44.9. The summed E-state index contributed by atoms with van der Waals surface area (Å²) < 4.78 is 48.5. The number of anilines is 12. The Morgan fingerprint density at radius 3 is 0.918 bits per heavy atom. The summed E-state index contributed by atoms with van der Waals surface area (Å²) in [4.78, 5) is 184. The molecule has 1 saturated carbocycles. The molecule has 4 aromatic heterocycles. The zero-order valence-corrected chi connectivity index (χ0v) is 86.2. The van der Waals surface area contributed by atoms with E-state index in [9.17, 15) is 52.7 Å².